The van der Waals surface area contributed by atoms with Crippen LogP contribution < -0.4 is 14.8 Å². The summed E-state index contributed by atoms with van der Waals surface area (Å²) < 4.78 is 12.9. The number of aliphatic carboxylic acids is 1. The maximum atomic E-state index is 13.4. The second kappa shape index (κ2) is 38.2. The monoisotopic (exact) mass is 1470 g/mol. The third-order valence-corrected chi connectivity index (χ3v) is 15.0. The number of benzene rings is 3. The number of aromatic nitrogens is 14. The number of tetrazole rings is 2. The van der Waals surface area contributed by atoms with E-state index in [9.17, 15) is 34.2 Å². The number of likely N-dealkylation sites (N-methyl/N-ethyl adjacent to an activating group) is 1. The maximum Gasteiger partial charge on any atom is 0.337 e. The minimum atomic E-state index is -1.09. The van der Waals surface area contributed by atoms with E-state index in [2.05, 4.69) is 83.4 Å². The highest BCUT2D eigenvalue weighted by Gasteiger charge is 2.34. The van der Waals surface area contributed by atoms with E-state index in [0.29, 0.717) is 64.9 Å². The summed E-state index contributed by atoms with van der Waals surface area (Å²) in [7, 11) is 3.43. The molecule has 3 aliphatic heterocycles. The maximum absolute atomic E-state index is 13.4. The molecular weight excluding hydrogens is 1400 g/mol. The largest absolute Gasteiger partial charge is 0.480 e. The van der Waals surface area contributed by atoms with Crippen molar-refractivity contribution in [3.05, 3.63) is 190 Å². The average molecular weight is 1470 g/mol. The zero-order valence-electron chi connectivity index (χ0n) is 55.4. The Morgan fingerprint density at radius 3 is 1.53 bits per heavy atom. The number of para-hydroxylation sites is 2. The number of pyridine rings is 3. The second-order valence-corrected chi connectivity index (χ2v) is 24.1. The van der Waals surface area contributed by atoms with E-state index >= 15 is 0 Å². The summed E-state index contributed by atoms with van der Waals surface area (Å²) in [5.41, 5.74) is 1.28. The van der Waals surface area contributed by atoms with Gasteiger partial charge in [0.15, 0.2) is 25.1 Å². The van der Waals surface area contributed by atoms with Gasteiger partial charge in [-0.25, -0.2) is 34.3 Å². The SMILES string of the molecule is C1=NCN=N1.CN(C)CC(=O)O.C[C@@H]1CC[C@@H](Oc2ncccc2C(C)(C)O)CN1.C[C@@H]1CC[C@@H](Oc2ncccc2C(C)(C)O)CN1C(=O)c1cccnc1-n1ncnn1.O=C(O)c1ccccc1-n1nccn1.O=C(O)c1ccccc1-n1ncnn1.O=C(O)c1ccccc1I. The van der Waals surface area contributed by atoms with Crippen LogP contribution in [0.4, 0.5) is 0 Å². The molecule has 0 aliphatic carbocycles. The van der Waals surface area contributed by atoms with Crippen molar-refractivity contribution in [3.8, 4) is 29.0 Å². The van der Waals surface area contributed by atoms with Crippen molar-refractivity contribution in [2.45, 2.75) is 103 Å². The molecule has 33 nitrogen and oxygen atoms in total. The van der Waals surface area contributed by atoms with Crippen molar-refractivity contribution in [2.75, 3.05) is 40.4 Å². The Morgan fingerprint density at radius 1 is 0.586 bits per heavy atom. The van der Waals surface area contributed by atoms with Crippen LogP contribution in [0.3, 0.4) is 0 Å². The average Bonchev–Trinajstić information content (AvgIpc) is 1.65. The predicted molar refractivity (Wildman–Crippen MR) is 366 cm³/mol. The van der Waals surface area contributed by atoms with Gasteiger partial charge in [-0.2, -0.15) is 20.1 Å². The molecule has 7 N–H and O–H groups in total. The summed E-state index contributed by atoms with van der Waals surface area (Å²) in [4.78, 5) is 78.8. The first kappa shape index (κ1) is 77.2. The van der Waals surface area contributed by atoms with Crippen molar-refractivity contribution in [2.24, 2.45) is 15.2 Å². The fraction of sp³-hybridized carbons (Fsp3) is 0.338. The molecule has 3 aliphatic rings. The molecule has 34 heteroatoms. The number of hydrogen-bond acceptors (Lipinski definition) is 25. The van der Waals surface area contributed by atoms with Crippen LogP contribution in [0.5, 0.6) is 11.8 Å². The number of ether oxygens (including phenoxy) is 2. The number of aromatic carboxylic acids is 3. The van der Waals surface area contributed by atoms with Crippen molar-refractivity contribution < 1.29 is 64.1 Å². The molecule has 522 valence electrons. The van der Waals surface area contributed by atoms with Crippen LogP contribution >= 0.6 is 22.6 Å². The van der Waals surface area contributed by atoms with Gasteiger partial charge in [-0.3, -0.25) is 14.5 Å². The first-order chi connectivity index (χ1) is 47.2. The van der Waals surface area contributed by atoms with E-state index < -0.39 is 35.1 Å². The molecule has 0 bridgehead atoms. The molecule has 4 atom stereocenters. The number of azo groups is 1. The highest BCUT2D eigenvalue weighted by atomic mass is 127. The van der Waals surface area contributed by atoms with E-state index in [1.807, 2.05) is 47.7 Å². The lowest BCUT2D eigenvalue weighted by molar-refractivity contribution is -0.137. The number of carbonyl (C=O) groups is 5. The first-order valence-electron chi connectivity index (χ1n) is 30.6. The van der Waals surface area contributed by atoms with Crippen LogP contribution in [0.1, 0.15) is 120 Å². The van der Waals surface area contributed by atoms with Gasteiger partial charge in [-0.05, 0) is 187 Å². The number of carboxylic acid groups (broad SMARTS) is 4. The van der Waals surface area contributed by atoms with Crippen molar-refractivity contribution in [1.29, 1.82) is 0 Å². The first-order valence-corrected chi connectivity index (χ1v) is 31.7. The van der Waals surface area contributed by atoms with Crippen molar-refractivity contribution in [1.82, 2.24) is 85.5 Å². The van der Waals surface area contributed by atoms with Gasteiger partial charge in [0.25, 0.3) is 5.91 Å². The molecular formula is C65H77IN20O13. The Bertz CT molecular complexity index is 3970. The van der Waals surface area contributed by atoms with Crippen LogP contribution in [0.2, 0.25) is 0 Å². The van der Waals surface area contributed by atoms with Gasteiger partial charge >= 0.3 is 23.9 Å². The number of nitrogens with one attached hydrogen (secondary N) is 1. The van der Waals surface area contributed by atoms with Crippen LogP contribution in [0, 0.1) is 3.57 Å². The Labute approximate surface area is 582 Å². The summed E-state index contributed by atoms with van der Waals surface area (Å²) >= 11 is 1.99. The van der Waals surface area contributed by atoms with Gasteiger partial charge in [-0.15, -0.1) is 35.1 Å². The normalized spacial score (nSPS) is 15.9. The van der Waals surface area contributed by atoms with Gasteiger partial charge in [0.2, 0.25) is 11.8 Å². The number of nitrogens with zero attached hydrogens (tertiary/aromatic N) is 19. The van der Waals surface area contributed by atoms with Crippen molar-refractivity contribution >= 4 is 58.7 Å². The number of rotatable bonds is 15. The van der Waals surface area contributed by atoms with E-state index in [0.717, 1.165) is 41.4 Å². The van der Waals surface area contributed by atoms with Crippen LogP contribution in [-0.2, 0) is 16.0 Å². The summed E-state index contributed by atoms with van der Waals surface area (Å²) in [6.45, 7) is 12.9. The molecule has 0 radical (unpaired) electrons. The molecule has 12 rings (SSSR count). The number of aliphatic imine (C=N–C) groups is 1. The predicted octanol–water partition coefficient (Wildman–Crippen LogP) is 6.97. The summed E-state index contributed by atoms with van der Waals surface area (Å²) in [6, 6.07) is 31.2. The number of aliphatic hydroxyl groups is 2. The molecule has 9 heterocycles. The minimum Gasteiger partial charge on any atom is -0.480 e. The zero-order chi connectivity index (χ0) is 72.1. The Morgan fingerprint density at radius 2 is 1.08 bits per heavy atom. The molecule has 3 aromatic carbocycles. The van der Waals surface area contributed by atoms with E-state index in [1.165, 1.54) is 57.9 Å². The van der Waals surface area contributed by atoms with Crippen LogP contribution in [-0.4, -0.2) is 212 Å². The van der Waals surface area contributed by atoms with E-state index in [4.69, 9.17) is 29.9 Å². The Kier molecular flexibility index (Phi) is 29.8. The fourth-order valence-corrected chi connectivity index (χ4v) is 9.87. The molecule has 6 aromatic heterocycles. The molecule has 0 unspecified atom stereocenters. The molecule has 0 saturated carbocycles. The number of carbonyl (C=O) groups excluding carboxylic acids is 1. The molecule has 99 heavy (non-hydrogen) atoms. The number of hydrogen-bond donors (Lipinski definition) is 7. The summed E-state index contributed by atoms with van der Waals surface area (Å²) in [5.74, 6) is -2.58. The van der Waals surface area contributed by atoms with E-state index in [-0.39, 0.29) is 41.8 Å². The number of likely N-dealkylation sites (tertiary alicyclic amines) is 1. The number of halogens is 1. The number of carboxylic acids is 4. The topological polar surface area (TPSA) is 437 Å². The lowest BCUT2D eigenvalue weighted by Crippen LogP contribution is -2.49. The van der Waals surface area contributed by atoms with Crippen LogP contribution in [0.15, 0.2) is 168 Å². The molecule has 2 saturated heterocycles. The number of piperidine rings is 2. The molecule has 1 amide bonds. The standard InChI is InChI=1S/C21H25N7O3.C14H22N2O2.C9H7N3O2.C8H6N4O2.C7H5IO2.C4H9NO2.C2H3N3/c1-14-8-9-15(31-19-17(21(2,3)30)7-5-11-23-19)12-27(14)20(29)16-6-4-10-22-18(16)28-25-13-24-26-28;1-10-6-7-11(9-16-10)18-13-12(14(2,3)17)5-4-8-15-13;13-9(14)7-3-1-2-4-8(7)12-10-5-6-11-12;13-8(14)6-3-1-2-4-7(6)12-10-5-9-11-12;8-6-4-2-1-3-5(6)7(9)10;1-5(2)3-4(6)7;1-3-2-5-4-1/h4-7,10-11,13-15,30H,8-9,12H2,1-3H3;4-5,8,10-11,16-17H,6-7,9H2,1-3H3;1-6H,(H,13,14);1-5H,(H,13,14);1-4H,(H,9,10);3H2,1-2H3,(H,6,7);1H,2H2/t14-,15-;10-,11-;;;;;/m11...../s1. The third-order valence-electron chi connectivity index (χ3n) is 14.1. The zero-order valence-corrected chi connectivity index (χ0v) is 57.6. The van der Waals surface area contributed by atoms with Gasteiger partial charge in [-0.1, -0.05) is 36.4 Å². The van der Waals surface area contributed by atoms with Gasteiger partial charge in [0.1, 0.15) is 29.9 Å². The second-order valence-electron chi connectivity index (χ2n) is 23.0. The van der Waals surface area contributed by atoms with Gasteiger partial charge in [0.05, 0.1) is 58.9 Å². The van der Waals surface area contributed by atoms with Gasteiger partial charge < -0.3 is 50.3 Å². The number of amides is 1. The highest BCUT2D eigenvalue weighted by Crippen LogP contribution is 2.32. The van der Waals surface area contributed by atoms with Crippen molar-refractivity contribution in [3.63, 3.8) is 0 Å². The van der Waals surface area contributed by atoms with Gasteiger partial charge in [0, 0.05) is 51.9 Å². The quantitative estimate of drug-likeness (QED) is 0.0509. The summed E-state index contributed by atoms with van der Waals surface area (Å²) in [6.07, 6.45) is 15.5. The molecule has 0 spiro atoms. The Hall–Kier alpha value is -10.8. The van der Waals surface area contributed by atoms with Crippen LogP contribution in [0.25, 0.3) is 17.2 Å². The van der Waals surface area contributed by atoms with E-state index in [1.54, 1.807) is 149 Å². The summed E-state index contributed by atoms with van der Waals surface area (Å²) in [5, 5.41) is 95.4. The Balaban J connectivity index is 0.000000196. The molecule has 9 aromatic rings. The highest BCUT2D eigenvalue weighted by molar-refractivity contribution is 14.1. The fourth-order valence-electron chi connectivity index (χ4n) is 9.25. The minimum absolute atomic E-state index is 0.0293. The smallest absolute Gasteiger partial charge is 0.337 e. The lowest BCUT2D eigenvalue weighted by atomic mass is 9.98. The molecule has 2 fully saturated rings. The third kappa shape index (κ3) is 24.7. The lowest BCUT2D eigenvalue weighted by Gasteiger charge is -2.38.